The zero-order valence-electron chi connectivity index (χ0n) is 25.7. The van der Waals surface area contributed by atoms with Crippen LogP contribution < -0.4 is 0 Å². The number of hydrogen-bond donors (Lipinski definition) is 1. The molecule has 234 valence electrons. The first kappa shape index (κ1) is 37.1. The van der Waals surface area contributed by atoms with Crippen LogP contribution in [0, 0.1) is 31.4 Å². The van der Waals surface area contributed by atoms with Crippen LogP contribution in [0.25, 0.3) is 11.1 Å². The molecular weight excluding hydrogens is 564 g/mol. The molecule has 3 rings (SSSR count). The van der Waals surface area contributed by atoms with Gasteiger partial charge in [0.25, 0.3) is 0 Å². The van der Waals surface area contributed by atoms with Gasteiger partial charge >= 0.3 is 5.97 Å². The molecule has 2 aromatic carbocycles. The minimum atomic E-state index is -3.01. The first-order chi connectivity index (χ1) is 20.0. The SMILES string of the molecule is CC.CC(=O)[C@@H](CC(=O)C1=CC=CCC1=O)CC(C)(F)F.Cc1cccc(C)c1-c1cc(F)c(F)c([C@@H](C)CC(=O)O)c1. The number of Topliss-reactive ketones (excluding diaryl/α,β-unsaturated/α-hetero) is 3. The van der Waals surface area contributed by atoms with Crippen LogP contribution in [-0.4, -0.2) is 34.3 Å². The highest BCUT2D eigenvalue weighted by Crippen LogP contribution is 2.33. The lowest BCUT2D eigenvalue weighted by molar-refractivity contribution is -0.137. The maximum atomic E-state index is 14.0. The monoisotopic (exact) mass is 604 g/mol. The maximum absolute atomic E-state index is 14.0. The van der Waals surface area contributed by atoms with Crippen LogP contribution in [0.5, 0.6) is 0 Å². The predicted octanol–water partition coefficient (Wildman–Crippen LogP) is 8.50. The summed E-state index contributed by atoms with van der Waals surface area (Å²) in [4.78, 5) is 45.5. The van der Waals surface area contributed by atoms with E-state index in [1.807, 2.05) is 45.9 Å². The van der Waals surface area contributed by atoms with Gasteiger partial charge in [0.1, 0.15) is 5.78 Å². The Hall–Kier alpha value is -3.88. The van der Waals surface area contributed by atoms with Gasteiger partial charge in [0.05, 0.1) is 12.0 Å². The number of aryl methyl sites for hydroxylation is 2. The second kappa shape index (κ2) is 16.7. The molecule has 9 heteroatoms. The van der Waals surface area contributed by atoms with Gasteiger partial charge in [0.2, 0.25) is 5.92 Å². The summed E-state index contributed by atoms with van der Waals surface area (Å²) in [6.45, 7) is 11.3. The molecule has 1 aliphatic rings. The lowest BCUT2D eigenvalue weighted by Gasteiger charge is -2.18. The number of rotatable bonds is 10. The largest absolute Gasteiger partial charge is 0.481 e. The molecule has 1 aliphatic carbocycles. The molecule has 0 unspecified atom stereocenters. The van der Waals surface area contributed by atoms with Crippen molar-refractivity contribution in [3.63, 3.8) is 0 Å². The van der Waals surface area contributed by atoms with Gasteiger partial charge < -0.3 is 5.11 Å². The minimum Gasteiger partial charge on any atom is -0.481 e. The van der Waals surface area contributed by atoms with Crippen LogP contribution >= 0.6 is 0 Å². The number of carbonyl (C=O) groups excluding carboxylic acids is 3. The molecule has 0 heterocycles. The smallest absolute Gasteiger partial charge is 0.303 e. The molecule has 2 atom stereocenters. The third-order valence-electron chi connectivity index (χ3n) is 6.75. The maximum Gasteiger partial charge on any atom is 0.303 e. The third-order valence-corrected chi connectivity index (χ3v) is 6.75. The van der Waals surface area contributed by atoms with E-state index in [4.69, 9.17) is 5.11 Å². The quantitative estimate of drug-likeness (QED) is 0.217. The van der Waals surface area contributed by atoms with E-state index in [1.165, 1.54) is 19.1 Å². The molecule has 1 N–H and O–H groups in total. The van der Waals surface area contributed by atoms with Gasteiger partial charge in [-0.15, -0.1) is 0 Å². The first-order valence-corrected chi connectivity index (χ1v) is 14.1. The summed E-state index contributed by atoms with van der Waals surface area (Å²) in [7, 11) is 0. The van der Waals surface area contributed by atoms with Gasteiger partial charge in [-0.25, -0.2) is 17.6 Å². The fraction of sp³-hybridized carbons (Fsp3) is 0.412. The van der Waals surface area contributed by atoms with Crippen molar-refractivity contribution in [2.75, 3.05) is 0 Å². The summed E-state index contributed by atoms with van der Waals surface area (Å²) in [5.41, 5.74) is 3.44. The Balaban J connectivity index is 0.000000411. The van der Waals surface area contributed by atoms with Crippen molar-refractivity contribution in [2.45, 2.75) is 86.0 Å². The molecule has 0 fully saturated rings. The molecular formula is C34H40F4O5. The normalized spacial score (nSPS) is 13.9. The number of alkyl halides is 2. The summed E-state index contributed by atoms with van der Waals surface area (Å²) in [5, 5.41) is 8.86. The van der Waals surface area contributed by atoms with E-state index >= 15 is 0 Å². The molecule has 0 bridgehead atoms. The molecule has 0 saturated carbocycles. The Bertz CT molecular complexity index is 1370. The van der Waals surface area contributed by atoms with E-state index in [1.54, 1.807) is 25.1 Å². The Morgan fingerprint density at radius 1 is 1.02 bits per heavy atom. The zero-order chi connectivity index (χ0) is 33.1. The van der Waals surface area contributed by atoms with Crippen LogP contribution in [-0.2, 0) is 19.2 Å². The lowest BCUT2D eigenvalue weighted by atomic mass is 9.88. The van der Waals surface area contributed by atoms with Crippen LogP contribution in [0.3, 0.4) is 0 Å². The number of benzene rings is 2. The highest BCUT2D eigenvalue weighted by molar-refractivity contribution is 6.21. The van der Waals surface area contributed by atoms with Crippen LogP contribution in [0.2, 0.25) is 0 Å². The molecule has 5 nitrogen and oxygen atoms in total. The third kappa shape index (κ3) is 11.4. The minimum absolute atomic E-state index is 0.00632. The van der Waals surface area contributed by atoms with Crippen molar-refractivity contribution in [1.82, 2.24) is 0 Å². The summed E-state index contributed by atoms with van der Waals surface area (Å²) < 4.78 is 53.9. The summed E-state index contributed by atoms with van der Waals surface area (Å²) in [5.74, 6) is -8.96. The Labute approximate surface area is 250 Å². The average molecular weight is 605 g/mol. The Morgan fingerprint density at radius 2 is 1.60 bits per heavy atom. The van der Waals surface area contributed by atoms with Crippen molar-refractivity contribution in [2.24, 2.45) is 5.92 Å². The fourth-order valence-electron chi connectivity index (χ4n) is 4.67. The topological polar surface area (TPSA) is 88.5 Å². The van der Waals surface area contributed by atoms with Gasteiger partial charge in [-0.3, -0.25) is 19.2 Å². The first-order valence-electron chi connectivity index (χ1n) is 14.1. The summed E-state index contributed by atoms with van der Waals surface area (Å²) in [6.07, 6.45) is 3.43. The Kier molecular flexibility index (Phi) is 14.4. The zero-order valence-corrected chi connectivity index (χ0v) is 25.7. The number of halogens is 4. The summed E-state index contributed by atoms with van der Waals surface area (Å²) >= 11 is 0. The van der Waals surface area contributed by atoms with E-state index in [2.05, 4.69) is 0 Å². The number of carboxylic acid groups (broad SMARTS) is 1. The number of hydrogen-bond acceptors (Lipinski definition) is 4. The van der Waals surface area contributed by atoms with Crippen molar-refractivity contribution in [1.29, 1.82) is 0 Å². The average Bonchev–Trinajstić information content (AvgIpc) is 2.90. The van der Waals surface area contributed by atoms with Crippen molar-refractivity contribution in [3.05, 3.63) is 82.5 Å². The molecule has 0 radical (unpaired) electrons. The molecule has 0 amide bonds. The van der Waals surface area contributed by atoms with Gasteiger partial charge in [-0.2, -0.15) is 0 Å². The van der Waals surface area contributed by atoms with Gasteiger partial charge in [-0.1, -0.05) is 51.1 Å². The fourth-order valence-corrected chi connectivity index (χ4v) is 4.67. The molecule has 0 aliphatic heterocycles. The van der Waals surface area contributed by atoms with Gasteiger partial charge in [0, 0.05) is 25.2 Å². The highest BCUT2D eigenvalue weighted by atomic mass is 19.3. The van der Waals surface area contributed by atoms with Gasteiger partial charge in [-0.05, 0) is 79.6 Å². The molecule has 0 saturated heterocycles. The second-order valence-corrected chi connectivity index (χ2v) is 10.5. The summed E-state index contributed by atoms with van der Waals surface area (Å²) in [6, 6.07) is 8.44. The van der Waals surface area contributed by atoms with Crippen LogP contribution in [0.15, 0.2) is 54.1 Å². The van der Waals surface area contributed by atoms with E-state index in [0.717, 1.165) is 16.7 Å². The van der Waals surface area contributed by atoms with Crippen molar-refractivity contribution < 1.29 is 41.8 Å². The van der Waals surface area contributed by atoms with E-state index in [-0.39, 0.29) is 36.2 Å². The second-order valence-electron chi connectivity index (χ2n) is 10.5. The number of carbonyl (C=O) groups is 4. The molecule has 0 aromatic heterocycles. The van der Waals surface area contributed by atoms with Crippen molar-refractivity contribution in [3.8, 4) is 11.1 Å². The Morgan fingerprint density at radius 3 is 2.09 bits per heavy atom. The number of ketones is 3. The van der Waals surface area contributed by atoms with E-state index < -0.39 is 53.3 Å². The van der Waals surface area contributed by atoms with E-state index in [0.29, 0.717) is 12.5 Å². The van der Waals surface area contributed by atoms with Crippen molar-refractivity contribution >= 4 is 23.3 Å². The number of aliphatic carboxylic acids is 1. The standard InChI is InChI=1S/C18H18F2O2.C14H16F2O3.C2H6/c1-10-5-4-6-11(2)17(10)13-8-14(12(3)7-16(21)22)18(20)15(19)9-13;1-9(17)10(8-14(2,15)16)7-13(19)11-5-3-4-6-12(11)18;1-2/h4-6,8-9,12H,7H2,1-3H3,(H,21,22);3-5,10H,6-8H2,1-2H3;1-2H3/t12-;10-;/m00./s1. The number of allylic oxidation sites excluding steroid dienone is 4. The number of carboxylic acids is 1. The lowest BCUT2D eigenvalue weighted by Crippen LogP contribution is -2.26. The molecule has 43 heavy (non-hydrogen) atoms. The molecule has 2 aromatic rings. The predicted molar refractivity (Wildman–Crippen MR) is 159 cm³/mol. The van der Waals surface area contributed by atoms with Gasteiger partial charge in [0.15, 0.2) is 23.2 Å². The van der Waals surface area contributed by atoms with Crippen LogP contribution in [0.1, 0.15) is 82.9 Å². The van der Waals surface area contributed by atoms with E-state index in [9.17, 15) is 36.7 Å². The molecule has 0 spiro atoms. The van der Waals surface area contributed by atoms with Crippen LogP contribution in [0.4, 0.5) is 17.6 Å². The highest BCUT2D eigenvalue weighted by Gasteiger charge is 2.32.